The zero-order valence-electron chi connectivity index (χ0n) is 32.2. The molecule has 0 N–H and O–H groups in total. The molecule has 3 aliphatic heterocycles. The van der Waals surface area contributed by atoms with Crippen molar-refractivity contribution in [2.75, 3.05) is 26.7 Å². The van der Waals surface area contributed by atoms with Crippen LogP contribution < -0.4 is 0 Å². The SMILES string of the molecule is C=C(C=C(C=C(C)C(F)(F)F)C1OC(=O)N(CC2=NC(N3CC(F)(F)C3)=NC=C(C3=CC(C4CC=C(C(=O)OC)C=C4C)=CCCC=C3CC)C2)C1C)C(F)(F)F. The van der Waals surface area contributed by atoms with Crippen LogP contribution in [-0.4, -0.2) is 90.7 Å². The van der Waals surface area contributed by atoms with Crippen LogP contribution in [0, 0.1) is 5.92 Å². The van der Waals surface area contributed by atoms with E-state index in [0.717, 1.165) is 33.6 Å². The summed E-state index contributed by atoms with van der Waals surface area (Å²) in [5.74, 6) is -3.53. The molecular formula is C41H44F8N4O4. The summed E-state index contributed by atoms with van der Waals surface area (Å²) in [5.41, 5.74) is 1.83. The van der Waals surface area contributed by atoms with Crippen molar-refractivity contribution in [3.63, 3.8) is 0 Å². The molecule has 0 saturated carbocycles. The van der Waals surface area contributed by atoms with Gasteiger partial charge in [0.25, 0.3) is 5.92 Å². The summed E-state index contributed by atoms with van der Waals surface area (Å²) in [6, 6.07) is -1.10. The Bertz CT molecular complexity index is 1980. The van der Waals surface area contributed by atoms with E-state index in [4.69, 9.17) is 9.47 Å². The van der Waals surface area contributed by atoms with Gasteiger partial charge in [-0.2, -0.15) is 26.3 Å². The lowest BCUT2D eigenvalue weighted by Crippen LogP contribution is -2.58. The number of allylic oxidation sites excluding steroid dienone is 12. The fraction of sp³-hybridized carbons (Fsp3) is 0.463. The monoisotopic (exact) mass is 808 g/mol. The third-order valence-electron chi connectivity index (χ3n) is 10.4. The zero-order chi connectivity index (χ0) is 42.0. The first kappa shape index (κ1) is 43.1. The number of carbonyl (C=O) groups excluding carboxylic acids is 2. The van der Waals surface area contributed by atoms with Crippen molar-refractivity contribution in [2.24, 2.45) is 15.9 Å². The first-order chi connectivity index (χ1) is 26.6. The van der Waals surface area contributed by atoms with E-state index in [-0.39, 0.29) is 30.6 Å². The fourth-order valence-electron chi connectivity index (χ4n) is 7.16. The van der Waals surface area contributed by atoms with Gasteiger partial charge in [0.2, 0.25) is 5.96 Å². The Labute approximate surface area is 325 Å². The third-order valence-corrected chi connectivity index (χ3v) is 10.4. The minimum absolute atomic E-state index is 0.0377. The second-order valence-electron chi connectivity index (χ2n) is 14.6. The molecule has 3 unspecified atom stereocenters. The fourth-order valence-corrected chi connectivity index (χ4v) is 7.16. The van der Waals surface area contributed by atoms with Crippen molar-refractivity contribution < 1.29 is 54.2 Å². The van der Waals surface area contributed by atoms with Crippen LogP contribution in [0.15, 0.2) is 115 Å². The van der Waals surface area contributed by atoms with Crippen LogP contribution in [0.4, 0.5) is 39.9 Å². The van der Waals surface area contributed by atoms with Crippen molar-refractivity contribution in [1.82, 2.24) is 9.80 Å². The number of likely N-dealkylation sites (tertiary alicyclic amines) is 1. The summed E-state index contributed by atoms with van der Waals surface area (Å²) in [6.45, 7) is 7.37. The van der Waals surface area contributed by atoms with Gasteiger partial charge in [-0.15, -0.1) is 0 Å². The molecule has 5 aliphatic rings. The minimum atomic E-state index is -4.97. The lowest BCUT2D eigenvalue weighted by Gasteiger charge is -2.39. The molecule has 8 nitrogen and oxygen atoms in total. The number of alkyl halides is 8. The number of hydrogen-bond acceptors (Lipinski definition) is 7. The van der Waals surface area contributed by atoms with Crippen molar-refractivity contribution >= 4 is 23.7 Å². The quantitative estimate of drug-likeness (QED) is 0.132. The Morgan fingerprint density at radius 3 is 2.35 bits per heavy atom. The van der Waals surface area contributed by atoms with Gasteiger partial charge in [-0.1, -0.05) is 43.4 Å². The summed E-state index contributed by atoms with van der Waals surface area (Å²) in [4.78, 5) is 37.2. The highest BCUT2D eigenvalue weighted by atomic mass is 19.4. The van der Waals surface area contributed by atoms with Gasteiger partial charge in [0.05, 0.1) is 38.4 Å². The maximum absolute atomic E-state index is 14.1. The van der Waals surface area contributed by atoms with E-state index in [1.165, 1.54) is 18.9 Å². The molecule has 0 bridgehead atoms. The molecule has 308 valence electrons. The van der Waals surface area contributed by atoms with Gasteiger partial charge in [-0.05, 0) is 92.5 Å². The molecule has 0 aromatic rings. The van der Waals surface area contributed by atoms with Crippen LogP contribution in [0.3, 0.4) is 0 Å². The Morgan fingerprint density at radius 2 is 1.75 bits per heavy atom. The molecule has 0 spiro atoms. The summed E-state index contributed by atoms with van der Waals surface area (Å²) in [7, 11) is 1.32. The number of aliphatic imine (C=N–C) groups is 2. The molecular weight excluding hydrogens is 764 g/mol. The molecule has 16 heteroatoms. The molecule has 5 rings (SSSR count). The number of halogens is 8. The largest absolute Gasteiger partial charge is 0.465 e. The topological polar surface area (TPSA) is 83.8 Å². The van der Waals surface area contributed by atoms with Crippen molar-refractivity contribution in [1.29, 1.82) is 0 Å². The standard InChI is InChI=1S/C41H44F8N4O4/c1-7-27-10-8-9-11-28(33-13-12-29(14-23(33)2)36(54)56-6)18-34(27)31-17-32(51-37(50-19-31)52-21-39(42,43)22-52)20-53-26(5)35(57-38(53)55)30(15-24(3)40(44,45)46)16-25(4)41(47,48)49/h10-12,14-16,18-19,26,33,35H,3,7-9,13,17,20-22H2,1-2,4-6H3. The second kappa shape index (κ2) is 16.8. The van der Waals surface area contributed by atoms with Crippen molar-refractivity contribution in [3.05, 3.63) is 105 Å². The van der Waals surface area contributed by atoms with Crippen LogP contribution >= 0.6 is 0 Å². The van der Waals surface area contributed by atoms with Gasteiger partial charge < -0.3 is 14.4 Å². The van der Waals surface area contributed by atoms with E-state index in [9.17, 15) is 44.7 Å². The first-order valence-corrected chi connectivity index (χ1v) is 18.4. The molecule has 3 heterocycles. The van der Waals surface area contributed by atoms with Crippen LogP contribution in [0.2, 0.25) is 0 Å². The maximum Gasteiger partial charge on any atom is 0.415 e. The molecule has 0 radical (unpaired) electrons. The number of hydrogen-bond donors (Lipinski definition) is 0. The van der Waals surface area contributed by atoms with Gasteiger partial charge >= 0.3 is 24.4 Å². The predicted molar refractivity (Wildman–Crippen MR) is 199 cm³/mol. The van der Waals surface area contributed by atoms with E-state index >= 15 is 0 Å². The number of ether oxygens (including phenoxy) is 2. The van der Waals surface area contributed by atoms with Gasteiger partial charge in [-0.25, -0.2) is 28.4 Å². The Balaban J connectivity index is 1.52. The highest BCUT2D eigenvalue weighted by Crippen LogP contribution is 2.39. The smallest absolute Gasteiger partial charge is 0.415 e. The number of esters is 1. The van der Waals surface area contributed by atoms with E-state index in [1.807, 2.05) is 26.0 Å². The Hall–Kier alpha value is -5.02. The van der Waals surface area contributed by atoms with Crippen LogP contribution in [0.5, 0.6) is 0 Å². The normalized spacial score (nSPS) is 24.9. The third kappa shape index (κ3) is 10.1. The van der Waals surface area contributed by atoms with Crippen LogP contribution in [0.1, 0.15) is 59.8 Å². The van der Waals surface area contributed by atoms with Gasteiger partial charge in [0.1, 0.15) is 6.10 Å². The lowest BCUT2D eigenvalue weighted by molar-refractivity contribution is -0.135. The number of guanidine groups is 1. The first-order valence-electron chi connectivity index (χ1n) is 18.4. The van der Waals surface area contributed by atoms with E-state index in [0.29, 0.717) is 49.5 Å². The van der Waals surface area contributed by atoms with Gasteiger partial charge in [0, 0.05) is 35.4 Å². The Morgan fingerprint density at radius 1 is 1.07 bits per heavy atom. The number of rotatable bonds is 9. The summed E-state index contributed by atoms with van der Waals surface area (Å²) in [6.07, 6.45) is 2.58. The van der Waals surface area contributed by atoms with E-state index < -0.39 is 72.3 Å². The number of carbonyl (C=O) groups is 2. The van der Waals surface area contributed by atoms with Crippen LogP contribution in [-0.2, 0) is 14.3 Å². The molecule has 57 heavy (non-hydrogen) atoms. The number of cyclic esters (lactones) is 1. The van der Waals surface area contributed by atoms with Crippen molar-refractivity contribution in [3.8, 4) is 0 Å². The highest BCUT2D eigenvalue weighted by Gasteiger charge is 2.46. The molecule has 0 aromatic carbocycles. The molecule has 2 fully saturated rings. The molecule has 2 saturated heterocycles. The van der Waals surface area contributed by atoms with Crippen molar-refractivity contribution in [2.45, 2.75) is 90.2 Å². The second-order valence-corrected chi connectivity index (χ2v) is 14.6. The van der Waals surface area contributed by atoms with E-state index in [1.54, 1.807) is 12.3 Å². The molecule has 3 atom stereocenters. The van der Waals surface area contributed by atoms with Gasteiger partial charge in [0.15, 0.2) is 0 Å². The molecule has 0 aromatic heterocycles. The van der Waals surface area contributed by atoms with Gasteiger partial charge in [-0.3, -0.25) is 4.90 Å². The summed E-state index contributed by atoms with van der Waals surface area (Å²) < 4.78 is 120. The number of methoxy groups -OCH3 is 1. The lowest BCUT2D eigenvalue weighted by atomic mass is 9.80. The molecule has 1 amide bonds. The Kier molecular flexibility index (Phi) is 12.7. The van der Waals surface area contributed by atoms with E-state index in [2.05, 4.69) is 28.7 Å². The molecule has 2 aliphatic carbocycles. The van der Waals surface area contributed by atoms with Crippen LogP contribution in [0.25, 0.3) is 0 Å². The zero-order valence-corrected chi connectivity index (χ0v) is 32.2. The summed E-state index contributed by atoms with van der Waals surface area (Å²) >= 11 is 0. The summed E-state index contributed by atoms with van der Waals surface area (Å²) in [5, 5.41) is 0. The minimum Gasteiger partial charge on any atom is -0.465 e. The highest BCUT2D eigenvalue weighted by molar-refractivity contribution is 6.02. The average molecular weight is 809 g/mol. The predicted octanol–water partition coefficient (Wildman–Crippen LogP) is 9.83. The maximum atomic E-state index is 14.1. The number of amides is 1. The average Bonchev–Trinajstić information content (AvgIpc) is 3.24. The number of nitrogens with zero attached hydrogens (tertiary/aromatic N) is 4.